The van der Waals surface area contributed by atoms with E-state index in [0.717, 1.165) is 12.8 Å². The van der Waals surface area contributed by atoms with Gasteiger partial charge in [0.05, 0.1) is 0 Å². The highest BCUT2D eigenvalue weighted by Gasteiger charge is 2.31. The minimum Gasteiger partial charge on any atom is -0.481 e. The van der Waals surface area contributed by atoms with Crippen LogP contribution in [0.5, 0.6) is 0 Å². The standard InChI is InChI=1S/C28H54O4/c1-3-4-5-6-7-8-9-10-11-12-13-14-15-16-17-18-19-20-21-22-23-24-25(2)26(27(29)30)28(31)32/h25-26H,3-24H2,1-2H3,(H,29,30)(H,31,32). The Balaban J connectivity index is 3.25. The van der Waals surface area contributed by atoms with E-state index >= 15 is 0 Å². The molecule has 0 aromatic rings. The first-order valence-corrected chi connectivity index (χ1v) is 14.0. The van der Waals surface area contributed by atoms with E-state index in [2.05, 4.69) is 6.92 Å². The molecule has 0 aliphatic rings. The Kier molecular flexibility index (Phi) is 22.3. The summed E-state index contributed by atoms with van der Waals surface area (Å²) in [6.07, 6.45) is 28.9. The lowest BCUT2D eigenvalue weighted by molar-refractivity contribution is -0.157. The smallest absolute Gasteiger partial charge is 0.318 e. The largest absolute Gasteiger partial charge is 0.481 e. The lowest BCUT2D eigenvalue weighted by Crippen LogP contribution is -2.29. The fourth-order valence-electron chi connectivity index (χ4n) is 4.66. The number of carboxylic acids is 2. The van der Waals surface area contributed by atoms with Gasteiger partial charge in [0, 0.05) is 0 Å². The summed E-state index contributed by atoms with van der Waals surface area (Å²) in [4.78, 5) is 22.0. The second-order valence-electron chi connectivity index (χ2n) is 9.99. The van der Waals surface area contributed by atoms with E-state index in [1.807, 2.05) is 0 Å². The van der Waals surface area contributed by atoms with Crippen molar-refractivity contribution in [3.8, 4) is 0 Å². The van der Waals surface area contributed by atoms with Crippen LogP contribution in [0.3, 0.4) is 0 Å². The summed E-state index contributed by atoms with van der Waals surface area (Å²) in [5.41, 5.74) is 0. The van der Waals surface area contributed by atoms with Gasteiger partial charge in [-0.25, -0.2) is 0 Å². The Labute approximate surface area is 199 Å². The number of carbonyl (C=O) groups is 2. The molecule has 0 aromatic carbocycles. The molecule has 1 atom stereocenters. The molecular formula is C28H54O4. The van der Waals surface area contributed by atoms with Gasteiger partial charge in [-0.3, -0.25) is 9.59 Å². The van der Waals surface area contributed by atoms with Crippen molar-refractivity contribution in [3.05, 3.63) is 0 Å². The first kappa shape index (κ1) is 30.9. The molecule has 0 spiro atoms. The lowest BCUT2D eigenvalue weighted by Gasteiger charge is -2.15. The maximum Gasteiger partial charge on any atom is 0.318 e. The van der Waals surface area contributed by atoms with Crippen molar-refractivity contribution in [2.45, 2.75) is 155 Å². The fourth-order valence-corrected chi connectivity index (χ4v) is 4.66. The number of carboxylic acid groups (broad SMARTS) is 2. The van der Waals surface area contributed by atoms with Crippen LogP contribution in [0.25, 0.3) is 0 Å². The van der Waals surface area contributed by atoms with Crippen molar-refractivity contribution < 1.29 is 19.8 Å². The van der Waals surface area contributed by atoms with Crippen LogP contribution in [-0.2, 0) is 9.59 Å². The van der Waals surface area contributed by atoms with Gasteiger partial charge in [0.25, 0.3) is 0 Å². The zero-order valence-corrected chi connectivity index (χ0v) is 21.4. The van der Waals surface area contributed by atoms with E-state index in [-0.39, 0.29) is 5.92 Å². The van der Waals surface area contributed by atoms with Crippen LogP contribution in [-0.4, -0.2) is 22.2 Å². The van der Waals surface area contributed by atoms with Crippen molar-refractivity contribution >= 4 is 11.9 Å². The predicted molar refractivity (Wildman–Crippen MR) is 135 cm³/mol. The van der Waals surface area contributed by atoms with Crippen LogP contribution >= 0.6 is 0 Å². The van der Waals surface area contributed by atoms with Gasteiger partial charge < -0.3 is 10.2 Å². The second-order valence-corrected chi connectivity index (χ2v) is 9.99. The van der Waals surface area contributed by atoms with Crippen molar-refractivity contribution in [2.75, 3.05) is 0 Å². The first-order valence-electron chi connectivity index (χ1n) is 14.0. The van der Waals surface area contributed by atoms with Crippen molar-refractivity contribution in [3.63, 3.8) is 0 Å². The fraction of sp³-hybridized carbons (Fsp3) is 0.929. The van der Waals surface area contributed by atoms with E-state index < -0.39 is 17.9 Å². The molecule has 190 valence electrons. The highest BCUT2D eigenvalue weighted by atomic mass is 16.4. The van der Waals surface area contributed by atoms with Gasteiger partial charge in [-0.2, -0.15) is 0 Å². The molecule has 4 heteroatoms. The number of rotatable bonds is 25. The molecular weight excluding hydrogens is 400 g/mol. The van der Waals surface area contributed by atoms with Gasteiger partial charge in [0.2, 0.25) is 0 Å². The van der Waals surface area contributed by atoms with Crippen LogP contribution in [0.1, 0.15) is 155 Å². The second kappa shape index (κ2) is 23.1. The van der Waals surface area contributed by atoms with Gasteiger partial charge in [-0.05, 0) is 12.3 Å². The van der Waals surface area contributed by atoms with Gasteiger partial charge >= 0.3 is 11.9 Å². The third-order valence-electron chi connectivity index (χ3n) is 6.86. The molecule has 0 bridgehead atoms. The Morgan fingerprint density at radius 3 is 1.00 bits per heavy atom. The molecule has 0 radical (unpaired) electrons. The third-order valence-corrected chi connectivity index (χ3v) is 6.86. The molecule has 0 aromatic heterocycles. The zero-order valence-electron chi connectivity index (χ0n) is 21.4. The summed E-state index contributed by atoms with van der Waals surface area (Å²) >= 11 is 0. The summed E-state index contributed by atoms with van der Waals surface area (Å²) in [6, 6.07) is 0. The molecule has 0 fully saturated rings. The van der Waals surface area contributed by atoms with Crippen molar-refractivity contribution in [1.29, 1.82) is 0 Å². The van der Waals surface area contributed by atoms with E-state index in [1.165, 1.54) is 122 Å². The van der Waals surface area contributed by atoms with Gasteiger partial charge in [0.15, 0.2) is 5.92 Å². The number of hydrogen-bond donors (Lipinski definition) is 2. The maximum atomic E-state index is 11.0. The summed E-state index contributed by atoms with van der Waals surface area (Å²) in [6.45, 7) is 4.02. The number of hydrogen-bond acceptors (Lipinski definition) is 2. The molecule has 0 rings (SSSR count). The summed E-state index contributed by atoms with van der Waals surface area (Å²) < 4.78 is 0. The Morgan fingerprint density at radius 2 is 0.750 bits per heavy atom. The van der Waals surface area contributed by atoms with E-state index in [0.29, 0.717) is 6.42 Å². The molecule has 1 unspecified atom stereocenters. The predicted octanol–water partition coefficient (Wildman–Crippen LogP) is 9.01. The van der Waals surface area contributed by atoms with Crippen LogP contribution in [0.2, 0.25) is 0 Å². The van der Waals surface area contributed by atoms with E-state index in [1.54, 1.807) is 6.92 Å². The van der Waals surface area contributed by atoms with E-state index in [9.17, 15) is 9.59 Å². The summed E-state index contributed by atoms with van der Waals surface area (Å²) in [7, 11) is 0. The van der Waals surface area contributed by atoms with E-state index in [4.69, 9.17) is 10.2 Å². The monoisotopic (exact) mass is 454 g/mol. The van der Waals surface area contributed by atoms with Gasteiger partial charge in [-0.15, -0.1) is 0 Å². The Bertz CT molecular complexity index is 421. The number of aliphatic carboxylic acids is 2. The third kappa shape index (κ3) is 19.6. The van der Waals surface area contributed by atoms with Crippen LogP contribution in [0, 0.1) is 11.8 Å². The molecule has 4 nitrogen and oxygen atoms in total. The van der Waals surface area contributed by atoms with Gasteiger partial charge in [-0.1, -0.05) is 149 Å². The quantitative estimate of drug-likeness (QED) is 0.107. The normalized spacial score (nSPS) is 12.3. The maximum absolute atomic E-state index is 11.0. The molecule has 2 N–H and O–H groups in total. The summed E-state index contributed by atoms with van der Waals surface area (Å²) in [5, 5.41) is 18.0. The molecule has 0 heterocycles. The summed E-state index contributed by atoms with van der Waals surface area (Å²) in [5.74, 6) is -3.99. The molecule has 0 saturated heterocycles. The molecule has 0 amide bonds. The minimum atomic E-state index is -1.26. The lowest BCUT2D eigenvalue weighted by atomic mass is 9.89. The van der Waals surface area contributed by atoms with Crippen LogP contribution in [0.15, 0.2) is 0 Å². The Morgan fingerprint density at radius 1 is 0.500 bits per heavy atom. The minimum absolute atomic E-state index is 0.301. The molecule has 0 aliphatic carbocycles. The highest BCUT2D eigenvalue weighted by molar-refractivity contribution is 5.93. The first-order chi connectivity index (χ1) is 15.5. The highest BCUT2D eigenvalue weighted by Crippen LogP contribution is 2.21. The SMILES string of the molecule is CCCCCCCCCCCCCCCCCCCCCCCC(C)C(C(=O)O)C(=O)O. The van der Waals surface area contributed by atoms with Crippen LogP contribution < -0.4 is 0 Å². The van der Waals surface area contributed by atoms with Crippen molar-refractivity contribution in [2.24, 2.45) is 11.8 Å². The Hall–Kier alpha value is -1.06. The van der Waals surface area contributed by atoms with Crippen LogP contribution in [0.4, 0.5) is 0 Å². The molecule has 32 heavy (non-hydrogen) atoms. The zero-order chi connectivity index (χ0) is 23.9. The molecule has 0 saturated carbocycles. The average Bonchev–Trinajstić information content (AvgIpc) is 2.74. The van der Waals surface area contributed by atoms with Gasteiger partial charge in [0.1, 0.15) is 0 Å². The topological polar surface area (TPSA) is 74.6 Å². The average molecular weight is 455 g/mol. The molecule has 0 aliphatic heterocycles. The number of unbranched alkanes of at least 4 members (excludes halogenated alkanes) is 20. The van der Waals surface area contributed by atoms with Crippen molar-refractivity contribution in [1.82, 2.24) is 0 Å².